The summed E-state index contributed by atoms with van der Waals surface area (Å²) in [6, 6.07) is 3.41. The third kappa shape index (κ3) is 2.55. The van der Waals surface area contributed by atoms with Crippen molar-refractivity contribution in [3.05, 3.63) is 34.1 Å². The third-order valence-electron chi connectivity index (χ3n) is 2.81. The molecule has 0 spiro atoms. The van der Waals surface area contributed by atoms with Crippen LogP contribution in [0.1, 0.15) is 15.4 Å². The summed E-state index contributed by atoms with van der Waals surface area (Å²) in [5, 5.41) is 15.2. The molecule has 0 radical (unpaired) electrons. The van der Waals surface area contributed by atoms with Gasteiger partial charge in [-0.3, -0.25) is 4.79 Å². The smallest absolute Gasteiger partial charge is 0.286 e. The van der Waals surface area contributed by atoms with Crippen LogP contribution in [0.25, 0.3) is 4.96 Å². The van der Waals surface area contributed by atoms with E-state index in [2.05, 4.69) is 20.6 Å². The molecule has 0 atom stereocenters. The average molecular weight is 324 g/mol. The molecule has 1 N–H and O–H groups in total. The molecular weight excluding hydrogens is 314 g/mol. The van der Waals surface area contributed by atoms with Gasteiger partial charge in [0, 0.05) is 11.1 Å². The topological polar surface area (TPSA) is 81.4 Å². The number of halogens is 1. The molecule has 0 fully saturated rings. The van der Waals surface area contributed by atoms with E-state index in [0.717, 1.165) is 16.9 Å². The Morgan fingerprint density at radius 2 is 2.29 bits per heavy atom. The Morgan fingerprint density at radius 3 is 3.00 bits per heavy atom. The van der Waals surface area contributed by atoms with Crippen LogP contribution in [0.15, 0.2) is 18.5 Å². The maximum absolute atomic E-state index is 12.2. The summed E-state index contributed by atoms with van der Waals surface area (Å²) in [6.45, 7) is 1.85. The molecule has 0 bridgehead atoms. The van der Waals surface area contributed by atoms with E-state index in [1.165, 1.54) is 18.0 Å². The Labute approximate surface area is 128 Å². The molecule has 0 saturated carbocycles. The van der Waals surface area contributed by atoms with Gasteiger partial charge in [0.1, 0.15) is 12.1 Å². The minimum atomic E-state index is -0.342. The lowest BCUT2D eigenvalue weighted by Gasteiger charge is -2.11. The van der Waals surface area contributed by atoms with E-state index in [9.17, 15) is 4.79 Å². The number of amides is 1. The van der Waals surface area contributed by atoms with Crippen LogP contribution in [0.2, 0.25) is 5.02 Å². The number of carbonyl (C=O) groups excluding carboxylic acids is 1. The number of hydrogen-bond acceptors (Lipinski definition) is 6. The van der Waals surface area contributed by atoms with Gasteiger partial charge in [0.25, 0.3) is 5.91 Å². The summed E-state index contributed by atoms with van der Waals surface area (Å²) in [4.78, 5) is 12.8. The Hall–Kier alpha value is -2.19. The molecule has 0 saturated heterocycles. The van der Waals surface area contributed by atoms with Crippen LogP contribution < -0.4 is 10.1 Å². The summed E-state index contributed by atoms with van der Waals surface area (Å²) in [7, 11) is 1.51. The lowest BCUT2D eigenvalue weighted by Crippen LogP contribution is -2.13. The van der Waals surface area contributed by atoms with Crippen molar-refractivity contribution in [1.82, 2.24) is 19.8 Å². The molecule has 9 heteroatoms. The summed E-state index contributed by atoms with van der Waals surface area (Å²) in [5.41, 5.74) is 1.38. The molecule has 2 aromatic heterocycles. The van der Waals surface area contributed by atoms with Crippen LogP contribution in [-0.2, 0) is 0 Å². The molecule has 0 aliphatic heterocycles. The zero-order valence-corrected chi connectivity index (χ0v) is 12.7. The normalized spacial score (nSPS) is 10.8. The number of anilines is 1. The number of carbonyl (C=O) groups is 1. The molecule has 2 heterocycles. The maximum atomic E-state index is 12.2. The molecule has 1 aromatic carbocycles. The molecule has 0 aliphatic carbocycles. The van der Waals surface area contributed by atoms with Gasteiger partial charge in [-0.1, -0.05) is 22.9 Å². The zero-order valence-electron chi connectivity index (χ0n) is 11.1. The first kappa shape index (κ1) is 13.8. The first-order chi connectivity index (χ1) is 10.1. The average Bonchev–Trinajstić information content (AvgIpc) is 3.03. The highest BCUT2D eigenvalue weighted by molar-refractivity contribution is 7.18. The minimum Gasteiger partial charge on any atom is -0.495 e. The Kier molecular flexibility index (Phi) is 3.48. The highest BCUT2D eigenvalue weighted by Crippen LogP contribution is 2.31. The van der Waals surface area contributed by atoms with Crippen molar-refractivity contribution in [2.24, 2.45) is 0 Å². The molecule has 0 aliphatic rings. The molecule has 21 heavy (non-hydrogen) atoms. The lowest BCUT2D eigenvalue weighted by molar-refractivity contribution is 0.102. The molecule has 0 unspecified atom stereocenters. The van der Waals surface area contributed by atoms with Crippen molar-refractivity contribution in [3.63, 3.8) is 0 Å². The minimum absolute atomic E-state index is 0.287. The van der Waals surface area contributed by atoms with Crippen molar-refractivity contribution in [2.45, 2.75) is 6.92 Å². The summed E-state index contributed by atoms with van der Waals surface area (Å²) < 4.78 is 6.67. The standard InChI is InChI=1S/C12H10ClN5O2S/c1-6-3-8(9(20-2)4-7(6)13)15-10(19)11-17-18-5-14-16-12(18)21-11/h3-5H,1-2H3,(H,15,19). The first-order valence-corrected chi connectivity index (χ1v) is 7.10. The molecule has 3 aromatic rings. The SMILES string of the molecule is COc1cc(Cl)c(C)cc1NC(=O)c1nn2cnnc2s1. The fourth-order valence-corrected chi connectivity index (χ4v) is 2.63. The zero-order chi connectivity index (χ0) is 15.0. The summed E-state index contributed by atoms with van der Waals surface area (Å²) >= 11 is 7.19. The van der Waals surface area contributed by atoms with Crippen LogP contribution >= 0.6 is 22.9 Å². The van der Waals surface area contributed by atoms with Gasteiger partial charge in [-0.25, -0.2) is 0 Å². The van der Waals surface area contributed by atoms with Gasteiger partial charge < -0.3 is 10.1 Å². The van der Waals surface area contributed by atoms with Crippen LogP contribution in [0.4, 0.5) is 5.69 Å². The number of nitrogens with one attached hydrogen (secondary N) is 1. The van der Waals surface area contributed by atoms with Crippen LogP contribution in [0.3, 0.4) is 0 Å². The van der Waals surface area contributed by atoms with E-state index in [-0.39, 0.29) is 10.9 Å². The van der Waals surface area contributed by atoms with Crippen molar-refractivity contribution in [2.75, 3.05) is 12.4 Å². The number of nitrogens with zero attached hydrogens (tertiary/aromatic N) is 4. The molecule has 3 rings (SSSR count). The van der Waals surface area contributed by atoms with Gasteiger partial charge in [0.15, 0.2) is 0 Å². The maximum Gasteiger partial charge on any atom is 0.286 e. The number of fused-ring (bicyclic) bond motifs is 1. The highest BCUT2D eigenvalue weighted by atomic mass is 35.5. The van der Waals surface area contributed by atoms with Gasteiger partial charge in [-0.05, 0) is 18.6 Å². The van der Waals surface area contributed by atoms with E-state index in [0.29, 0.717) is 21.4 Å². The van der Waals surface area contributed by atoms with E-state index in [1.54, 1.807) is 12.1 Å². The second kappa shape index (κ2) is 5.30. The lowest BCUT2D eigenvalue weighted by atomic mass is 10.2. The predicted octanol–water partition coefficient (Wildman–Crippen LogP) is 2.41. The van der Waals surface area contributed by atoms with Gasteiger partial charge >= 0.3 is 0 Å². The summed E-state index contributed by atoms with van der Waals surface area (Å²) in [5.74, 6) is 0.146. The van der Waals surface area contributed by atoms with Crippen LogP contribution in [-0.4, -0.2) is 32.8 Å². The van der Waals surface area contributed by atoms with Gasteiger partial charge in [0.2, 0.25) is 9.97 Å². The van der Waals surface area contributed by atoms with Crippen molar-refractivity contribution in [1.29, 1.82) is 0 Å². The predicted molar refractivity (Wildman–Crippen MR) is 79.4 cm³/mol. The van der Waals surface area contributed by atoms with Crippen LogP contribution in [0.5, 0.6) is 5.75 Å². The van der Waals surface area contributed by atoms with Gasteiger partial charge in [-0.2, -0.15) is 4.52 Å². The quantitative estimate of drug-likeness (QED) is 0.800. The molecule has 108 valence electrons. The molecule has 7 nitrogen and oxygen atoms in total. The van der Waals surface area contributed by atoms with E-state index >= 15 is 0 Å². The van der Waals surface area contributed by atoms with Crippen molar-refractivity contribution in [3.8, 4) is 5.75 Å². The number of ether oxygens (including phenoxy) is 1. The number of aromatic nitrogens is 4. The third-order valence-corrected chi connectivity index (χ3v) is 4.13. The Balaban J connectivity index is 1.90. The fraction of sp³-hybridized carbons (Fsp3) is 0.167. The highest BCUT2D eigenvalue weighted by Gasteiger charge is 2.16. The Morgan fingerprint density at radius 1 is 1.48 bits per heavy atom. The van der Waals surface area contributed by atoms with Crippen molar-refractivity contribution >= 4 is 39.5 Å². The molecular formula is C12H10ClN5O2S. The van der Waals surface area contributed by atoms with E-state index < -0.39 is 0 Å². The fourth-order valence-electron chi connectivity index (χ4n) is 1.76. The van der Waals surface area contributed by atoms with Crippen LogP contribution in [0, 0.1) is 6.92 Å². The molecule has 1 amide bonds. The number of aryl methyl sites for hydroxylation is 1. The second-order valence-electron chi connectivity index (χ2n) is 4.22. The first-order valence-electron chi connectivity index (χ1n) is 5.91. The van der Waals surface area contributed by atoms with Gasteiger partial charge in [-0.15, -0.1) is 15.3 Å². The van der Waals surface area contributed by atoms with E-state index in [1.807, 2.05) is 6.92 Å². The Bertz CT molecular complexity index is 800. The van der Waals surface area contributed by atoms with Crippen molar-refractivity contribution < 1.29 is 9.53 Å². The monoisotopic (exact) mass is 323 g/mol. The number of rotatable bonds is 3. The van der Waals surface area contributed by atoms with Gasteiger partial charge in [0.05, 0.1) is 12.8 Å². The number of benzene rings is 1. The number of hydrogen-bond donors (Lipinski definition) is 1. The van der Waals surface area contributed by atoms with E-state index in [4.69, 9.17) is 16.3 Å². The number of methoxy groups -OCH3 is 1. The second-order valence-corrected chi connectivity index (χ2v) is 5.58. The summed E-state index contributed by atoms with van der Waals surface area (Å²) in [6.07, 6.45) is 1.44. The largest absolute Gasteiger partial charge is 0.495 e.